The molecular weight excluding hydrogens is 228 g/mol. The molecule has 0 amide bonds. The van der Waals surface area contributed by atoms with Gasteiger partial charge in [-0.05, 0) is 31.2 Å². The van der Waals surface area contributed by atoms with Crippen LogP contribution in [-0.2, 0) is 0 Å². The molecule has 0 aliphatic carbocycles. The molecule has 1 aliphatic rings. The van der Waals surface area contributed by atoms with Gasteiger partial charge in [-0.1, -0.05) is 6.92 Å². The molecule has 0 aromatic carbocycles. The van der Waals surface area contributed by atoms with E-state index in [2.05, 4.69) is 27.1 Å². The van der Waals surface area contributed by atoms with Crippen molar-refractivity contribution in [1.82, 2.24) is 9.97 Å². The van der Waals surface area contributed by atoms with Gasteiger partial charge in [0.15, 0.2) is 0 Å². The predicted molar refractivity (Wildman–Crippen MR) is 72.8 cm³/mol. The van der Waals surface area contributed by atoms with Gasteiger partial charge in [0.05, 0.1) is 0 Å². The van der Waals surface area contributed by atoms with E-state index in [4.69, 9.17) is 5.11 Å². The van der Waals surface area contributed by atoms with Crippen LogP contribution in [0.25, 0.3) is 0 Å². The Balaban J connectivity index is 1.96. The molecule has 1 unspecified atom stereocenters. The molecule has 2 N–H and O–H groups in total. The van der Waals surface area contributed by atoms with E-state index in [1.165, 1.54) is 0 Å². The number of aromatic nitrogens is 2. The fourth-order valence-electron chi connectivity index (χ4n) is 2.31. The second kappa shape index (κ2) is 6.54. The maximum Gasteiger partial charge on any atom is 0.224 e. The van der Waals surface area contributed by atoms with E-state index < -0.39 is 0 Å². The maximum atomic E-state index is 8.97. The Morgan fingerprint density at radius 3 is 3.22 bits per heavy atom. The van der Waals surface area contributed by atoms with Crippen molar-refractivity contribution < 1.29 is 5.11 Å². The smallest absolute Gasteiger partial charge is 0.224 e. The zero-order valence-corrected chi connectivity index (χ0v) is 11.0. The summed E-state index contributed by atoms with van der Waals surface area (Å²) in [7, 11) is 0. The van der Waals surface area contributed by atoms with Gasteiger partial charge in [-0.3, -0.25) is 0 Å². The number of aliphatic hydroxyl groups excluding tert-OH is 1. The topological polar surface area (TPSA) is 61.3 Å². The summed E-state index contributed by atoms with van der Waals surface area (Å²) in [6.07, 6.45) is 4.90. The van der Waals surface area contributed by atoms with Crippen LogP contribution in [0.3, 0.4) is 0 Å². The molecule has 5 heteroatoms. The summed E-state index contributed by atoms with van der Waals surface area (Å²) in [5, 5.41) is 12.2. The van der Waals surface area contributed by atoms with Crippen LogP contribution in [0.4, 0.5) is 11.8 Å². The average Bonchev–Trinajstić information content (AvgIpc) is 2.86. The molecule has 1 saturated heterocycles. The summed E-state index contributed by atoms with van der Waals surface area (Å²) in [4.78, 5) is 11.0. The minimum absolute atomic E-state index is 0.283. The number of hydrogen-bond donors (Lipinski definition) is 2. The van der Waals surface area contributed by atoms with E-state index in [1.807, 2.05) is 6.07 Å². The van der Waals surface area contributed by atoms with Crippen LogP contribution in [-0.4, -0.2) is 41.3 Å². The Morgan fingerprint density at radius 2 is 2.44 bits per heavy atom. The molecule has 0 radical (unpaired) electrons. The van der Waals surface area contributed by atoms with Crippen molar-refractivity contribution >= 4 is 11.8 Å². The van der Waals surface area contributed by atoms with Crippen LogP contribution in [0.1, 0.15) is 26.2 Å². The lowest BCUT2D eigenvalue weighted by Crippen LogP contribution is -2.21. The molecule has 100 valence electrons. The summed E-state index contributed by atoms with van der Waals surface area (Å²) in [6, 6.07) is 1.96. The normalized spacial score (nSPS) is 19.2. The van der Waals surface area contributed by atoms with E-state index in [1.54, 1.807) is 6.20 Å². The van der Waals surface area contributed by atoms with Crippen LogP contribution in [0, 0.1) is 5.92 Å². The first kappa shape index (κ1) is 13.1. The summed E-state index contributed by atoms with van der Waals surface area (Å²) in [5.74, 6) is 2.29. The van der Waals surface area contributed by atoms with Gasteiger partial charge in [0.2, 0.25) is 5.95 Å². The zero-order valence-electron chi connectivity index (χ0n) is 11.0. The monoisotopic (exact) mass is 250 g/mol. The highest BCUT2D eigenvalue weighted by Gasteiger charge is 2.23. The average molecular weight is 250 g/mol. The summed E-state index contributed by atoms with van der Waals surface area (Å²) >= 11 is 0. The molecule has 0 spiro atoms. The van der Waals surface area contributed by atoms with Gasteiger partial charge in [0, 0.05) is 32.4 Å². The highest BCUT2D eigenvalue weighted by atomic mass is 16.3. The number of nitrogens with one attached hydrogen (secondary N) is 1. The van der Waals surface area contributed by atoms with E-state index in [9.17, 15) is 0 Å². The van der Waals surface area contributed by atoms with Crippen molar-refractivity contribution in [3.8, 4) is 0 Å². The number of rotatable bonds is 6. The van der Waals surface area contributed by atoms with E-state index >= 15 is 0 Å². The molecule has 18 heavy (non-hydrogen) atoms. The standard InChI is InChI=1S/C13H22N4O/c1-2-6-14-13-15-7-3-12(16-13)17-8-4-11(10-17)5-9-18/h3,7,11,18H,2,4-6,8-10H2,1H3,(H,14,15,16). The number of anilines is 2. The third-order valence-electron chi connectivity index (χ3n) is 3.32. The first-order chi connectivity index (χ1) is 8.83. The fourth-order valence-corrected chi connectivity index (χ4v) is 2.31. The predicted octanol–water partition coefficient (Wildman–Crippen LogP) is 1.51. The van der Waals surface area contributed by atoms with Crippen LogP contribution in [0.5, 0.6) is 0 Å². The third-order valence-corrected chi connectivity index (χ3v) is 3.32. The zero-order chi connectivity index (χ0) is 12.8. The minimum atomic E-state index is 0.283. The minimum Gasteiger partial charge on any atom is -0.396 e. The molecule has 1 aliphatic heterocycles. The van der Waals surface area contributed by atoms with Crippen molar-refractivity contribution in [1.29, 1.82) is 0 Å². The van der Waals surface area contributed by atoms with Crippen molar-refractivity contribution in [2.75, 3.05) is 36.5 Å². The van der Waals surface area contributed by atoms with Gasteiger partial charge in [-0.25, -0.2) is 4.98 Å². The van der Waals surface area contributed by atoms with Crippen molar-refractivity contribution in [3.63, 3.8) is 0 Å². The molecule has 2 heterocycles. The lowest BCUT2D eigenvalue weighted by atomic mass is 10.1. The number of hydrogen-bond acceptors (Lipinski definition) is 5. The lowest BCUT2D eigenvalue weighted by molar-refractivity contribution is 0.263. The van der Waals surface area contributed by atoms with Gasteiger partial charge in [0.1, 0.15) is 5.82 Å². The van der Waals surface area contributed by atoms with Gasteiger partial charge < -0.3 is 15.3 Å². The summed E-state index contributed by atoms with van der Waals surface area (Å²) in [6.45, 7) is 5.32. The number of nitrogens with zero attached hydrogens (tertiary/aromatic N) is 3. The molecule has 1 aromatic heterocycles. The Kier molecular flexibility index (Phi) is 4.75. The van der Waals surface area contributed by atoms with Crippen LogP contribution < -0.4 is 10.2 Å². The molecule has 0 saturated carbocycles. The molecular formula is C13H22N4O. The quantitative estimate of drug-likeness (QED) is 0.801. The first-order valence-electron chi connectivity index (χ1n) is 6.76. The molecule has 5 nitrogen and oxygen atoms in total. The first-order valence-corrected chi connectivity index (χ1v) is 6.76. The van der Waals surface area contributed by atoms with Crippen molar-refractivity contribution in [2.24, 2.45) is 5.92 Å². The SMILES string of the molecule is CCCNc1nccc(N2CCC(CCO)C2)n1. The second-order valence-electron chi connectivity index (χ2n) is 4.78. The fraction of sp³-hybridized carbons (Fsp3) is 0.692. The van der Waals surface area contributed by atoms with Crippen molar-refractivity contribution in [2.45, 2.75) is 26.2 Å². The molecule has 1 aromatic rings. The van der Waals surface area contributed by atoms with E-state index in [0.29, 0.717) is 11.9 Å². The van der Waals surface area contributed by atoms with Gasteiger partial charge in [-0.15, -0.1) is 0 Å². The van der Waals surface area contributed by atoms with Crippen LogP contribution >= 0.6 is 0 Å². The van der Waals surface area contributed by atoms with Gasteiger partial charge in [0.25, 0.3) is 0 Å². The maximum absolute atomic E-state index is 8.97. The molecule has 0 bridgehead atoms. The van der Waals surface area contributed by atoms with Crippen molar-refractivity contribution in [3.05, 3.63) is 12.3 Å². The molecule has 1 atom stereocenters. The third kappa shape index (κ3) is 3.32. The Hall–Kier alpha value is -1.36. The highest BCUT2D eigenvalue weighted by molar-refractivity contribution is 5.43. The van der Waals surface area contributed by atoms with Gasteiger partial charge in [-0.2, -0.15) is 4.98 Å². The highest BCUT2D eigenvalue weighted by Crippen LogP contribution is 2.24. The summed E-state index contributed by atoms with van der Waals surface area (Å²) < 4.78 is 0. The Bertz CT molecular complexity index is 372. The Labute approximate surface area is 108 Å². The van der Waals surface area contributed by atoms with Crippen LogP contribution in [0.15, 0.2) is 12.3 Å². The van der Waals surface area contributed by atoms with Gasteiger partial charge >= 0.3 is 0 Å². The van der Waals surface area contributed by atoms with Crippen LogP contribution in [0.2, 0.25) is 0 Å². The van der Waals surface area contributed by atoms with E-state index in [-0.39, 0.29) is 6.61 Å². The molecule has 1 fully saturated rings. The Morgan fingerprint density at radius 1 is 1.56 bits per heavy atom. The summed E-state index contributed by atoms with van der Waals surface area (Å²) in [5.41, 5.74) is 0. The number of aliphatic hydroxyl groups is 1. The molecule has 2 rings (SSSR count). The largest absolute Gasteiger partial charge is 0.396 e. The van der Waals surface area contributed by atoms with E-state index in [0.717, 1.165) is 44.7 Å². The second-order valence-corrected chi connectivity index (χ2v) is 4.78. The lowest BCUT2D eigenvalue weighted by Gasteiger charge is -2.17.